The first-order valence-corrected chi connectivity index (χ1v) is 6.47. The second kappa shape index (κ2) is 2.79. The lowest BCUT2D eigenvalue weighted by atomic mass is 10.1. The van der Waals surface area contributed by atoms with E-state index < -0.39 is 0 Å². The first-order valence-electron chi connectivity index (χ1n) is 5.48. The topological polar surface area (TPSA) is 15.6 Å². The summed E-state index contributed by atoms with van der Waals surface area (Å²) in [4.78, 5) is 7.37. The van der Waals surface area contributed by atoms with Crippen LogP contribution in [0.3, 0.4) is 0 Å². The second-order valence-corrected chi connectivity index (χ2v) is 5.43. The molecule has 0 saturated carbocycles. The number of hydrogen-bond acceptors (Lipinski definition) is 3. The molecule has 1 saturated heterocycles. The summed E-state index contributed by atoms with van der Waals surface area (Å²) in [6.07, 6.45) is 1.19. The Morgan fingerprint density at radius 2 is 2.27 bits per heavy atom. The lowest BCUT2D eigenvalue weighted by molar-refractivity contribution is 0.344. The van der Waals surface area contributed by atoms with Gasteiger partial charge in [-0.1, -0.05) is 36.0 Å². The summed E-state index contributed by atoms with van der Waals surface area (Å²) >= 11 is 1.92. The van der Waals surface area contributed by atoms with Crippen LogP contribution in [-0.2, 0) is 6.42 Å². The van der Waals surface area contributed by atoms with Gasteiger partial charge in [-0.15, -0.1) is 0 Å². The largest absolute Gasteiger partial charge is 0.345 e. The van der Waals surface area contributed by atoms with Gasteiger partial charge in [-0.05, 0) is 17.5 Å². The molecule has 0 radical (unpaired) electrons. The van der Waals surface area contributed by atoms with E-state index in [-0.39, 0.29) is 0 Å². The molecule has 3 aliphatic rings. The maximum absolute atomic E-state index is 4.86. The van der Waals surface area contributed by atoms with Crippen LogP contribution in [0.15, 0.2) is 29.3 Å². The number of rotatable bonds is 0. The van der Waals surface area contributed by atoms with Gasteiger partial charge in [0, 0.05) is 12.3 Å². The Kier molecular flexibility index (Phi) is 1.53. The van der Waals surface area contributed by atoms with Crippen molar-refractivity contribution >= 4 is 16.9 Å². The lowest BCUT2D eigenvalue weighted by Gasteiger charge is -2.20. The summed E-state index contributed by atoms with van der Waals surface area (Å²) in [5, 5.41) is 1.29. The molecule has 0 amide bonds. The molecule has 0 spiro atoms. The van der Waals surface area contributed by atoms with Gasteiger partial charge in [-0.2, -0.15) is 0 Å². The van der Waals surface area contributed by atoms with Gasteiger partial charge in [0.05, 0.1) is 12.1 Å². The number of thioether (sulfide) groups is 1. The molecule has 2 aliphatic heterocycles. The SMILES string of the molecule is c1ccc2c(c1)CC1C2N=C2SCCN21. The minimum atomic E-state index is 0.434. The van der Waals surface area contributed by atoms with Crippen LogP contribution in [0.1, 0.15) is 17.2 Å². The van der Waals surface area contributed by atoms with Crippen molar-refractivity contribution < 1.29 is 0 Å². The average Bonchev–Trinajstić information content (AvgIpc) is 2.87. The van der Waals surface area contributed by atoms with E-state index in [0.29, 0.717) is 12.1 Å². The van der Waals surface area contributed by atoms with Crippen molar-refractivity contribution in [2.24, 2.45) is 4.99 Å². The molecule has 0 bridgehead atoms. The summed E-state index contributed by atoms with van der Waals surface area (Å²) in [6.45, 7) is 1.19. The predicted octanol–water partition coefficient (Wildman–Crippen LogP) is 2.07. The number of hydrogen-bond donors (Lipinski definition) is 0. The number of aliphatic imine (C=N–C) groups is 1. The van der Waals surface area contributed by atoms with Gasteiger partial charge in [-0.25, -0.2) is 0 Å². The zero-order valence-corrected chi connectivity index (χ0v) is 9.20. The Morgan fingerprint density at radius 3 is 3.27 bits per heavy atom. The maximum Gasteiger partial charge on any atom is 0.160 e. The maximum atomic E-state index is 4.86. The van der Waals surface area contributed by atoms with Crippen molar-refractivity contribution in [2.45, 2.75) is 18.5 Å². The molecule has 2 unspecified atom stereocenters. The summed E-state index contributed by atoms with van der Waals surface area (Å²) in [7, 11) is 0. The van der Waals surface area contributed by atoms with E-state index in [9.17, 15) is 0 Å². The highest BCUT2D eigenvalue weighted by atomic mass is 32.2. The van der Waals surface area contributed by atoms with Crippen LogP contribution in [0.5, 0.6) is 0 Å². The minimum Gasteiger partial charge on any atom is -0.345 e. The Hall–Kier alpha value is -0.960. The molecule has 1 aromatic carbocycles. The van der Waals surface area contributed by atoms with Gasteiger partial charge in [-0.3, -0.25) is 4.99 Å². The van der Waals surface area contributed by atoms with Gasteiger partial charge < -0.3 is 4.90 Å². The zero-order chi connectivity index (χ0) is 9.83. The molecule has 0 aromatic heterocycles. The Labute approximate surface area is 93.4 Å². The fourth-order valence-electron chi connectivity index (χ4n) is 2.94. The fraction of sp³-hybridized carbons (Fsp3) is 0.417. The summed E-state index contributed by atoms with van der Waals surface area (Å²) in [5.41, 5.74) is 2.97. The summed E-state index contributed by atoms with van der Waals surface area (Å²) < 4.78 is 0. The van der Waals surface area contributed by atoms with Crippen LogP contribution in [0.4, 0.5) is 0 Å². The van der Waals surface area contributed by atoms with E-state index in [1.165, 1.54) is 35.0 Å². The van der Waals surface area contributed by atoms with Crippen LogP contribution >= 0.6 is 11.8 Å². The highest BCUT2D eigenvalue weighted by Crippen LogP contribution is 2.44. The summed E-state index contributed by atoms with van der Waals surface area (Å²) in [6, 6.07) is 9.85. The minimum absolute atomic E-state index is 0.434. The van der Waals surface area contributed by atoms with Crippen LogP contribution in [0.2, 0.25) is 0 Å². The van der Waals surface area contributed by atoms with Crippen LogP contribution < -0.4 is 0 Å². The third-order valence-corrected chi connectivity index (χ3v) is 4.61. The number of fused-ring (bicyclic) bond motifs is 5. The third kappa shape index (κ3) is 0.991. The molecule has 1 aromatic rings. The predicted molar refractivity (Wildman–Crippen MR) is 63.3 cm³/mol. The Balaban J connectivity index is 1.83. The van der Waals surface area contributed by atoms with Crippen molar-refractivity contribution in [1.29, 1.82) is 0 Å². The van der Waals surface area contributed by atoms with Gasteiger partial charge >= 0.3 is 0 Å². The molecular weight excluding hydrogens is 204 g/mol. The van der Waals surface area contributed by atoms with E-state index in [1.807, 2.05) is 11.8 Å². The molecule has 1 fully saturated rings. The molecular formula is C12H12N2S. The highest BCUT2D eigenvalue weighted by Gasteiger charge is 2.44. The molecule has 4 rings (SSSR count). The Morgan fingerprint density at radius 1 is 1.33 bits per heavy atom. The lowest BCUT2D eigenvalue weighted by Crippen LogP contribution is -2.32. The molecule has 3 heteroatoms. The van der Waals surface area contributed by atoms with Crippen LogP contribution in [-0.4, -0.2) is 28.4 Å². The number of amidine groups is 1. The summed E-state index contributed by atoms with van der Waals surface area (Å²) in [5.74, 6) is 1.22. The van der Waals surface area contributed by atoms with Gasteiger partial charge in [0.2, 0.25) is 0 Å². The monoisotopic (exact) mass is 216 g/mol. The smallest absolute Gasteiger partial charge is 0.160 e. The normalized spacial score (nSPS) is 31.2. The van der Waals surface area contributed by atoms with E-state index in [1.54, 1.807) is 0 Å². The van der Waals surface area contributed by atoms with E-state index in [4.69, 9.17) is 4.99 Å². The molecule has 1 aliphatic carbocycles. The highest BCUT2D eigenvalue weighted by molar-refractivity contribution is 8.14. The van der Waals surface area contributed by atoms with Crippen molar-refractivity contribution in [2.75, 3.05) is 12.3 Å². The van der Waals surface area contributed by atoms with E-state index in [0.717, 1.165) is 0 Å². The molecule has 2 atom stereocenters. The van der Waals surface area contributed by atoms with Crippen LogP contribution in [0.25, 0.3) is 0 Å². The molecule has 2 heterocycles. The van der Waals surface area contributed by atoms with Gasteiger partial charge in [0.1, 0.15) is 0 Å². The molecule has 2 nitrogen and oxygen atoms in total. The van der Waals surface area contributed by atoms with Gasteiger partial charge in [0.25, 0.3) is 0 Å². The average molecular weight is 216 g/mol. The molecule has 76 valence electrons. The van der Waals surface area contributed by atoms with Gasteiger partial charge in [0.15, 0.2) is 5.17 Å². The van der Waals surface area contributed by atoms with E-state index in [2.05, 4.69) is 29.2 Å². The van der Waals surface area contributed by atoms with Crippen molar-refractivity contribution in [3.05, 3.63) is 35.4 Å². The van der Waals surface area contributed by atoms with Crippen molar-refractivity contribution in [1.82, 2.24) is 4.90 Å². The number of nitrogens with zero attached hydrogens (tertiary/aromatic N) is 2. The first-order chi connectivity index (χ1) is 7.43. The van der Waals surface area contributed by atoms with Crippen LogP contribution in [0, 0.1) is 0 Å². The Bertz CT molecular complexity index is 455. The standard InChI is InChI=1S/C12H12N2S/c1-2-4-9-8(3-1)7-10-11(9)13-12-14(10)5-6-15-12/h1-4,10-11H,5-7H2. The van der Waals surface area contributed by atoms with Crippen molar-refractivity contribution in [3.63, 3.8) is 0 Å². The van der Waals surface area contributed by atoms with Crippen molar-refractivity contribution in [3.8, 4) is 0 Å². The first kappa shape index (κ1) is 8.22. The third-order valence-electron chi connectivity index (χ3n) is 3.63. The second-order valence-electron chi connectivity index (χ2n) is 4.37. The quantitative estimate of drug-likeness (QED) is 0.660. The molecule has 0 N–H and O–H groups in total. The zero-order valence-electron chi connectivity index (χ0n) is 8.39. The fourth-order valence-corrected chi connectivity index (χ4v) is 3.99. The number of benzene rings is 1. The molecule has 15 heavy (non-hydrogen) atoms. The van der Waals surface area contributed by atoms with E-state index >= 15 is 0 Å².